The predicted octanol–water partition coefficient (Wildman–Crippen LogP) is 4.15. The molecule has 0 aliphatic carbocycles. The van der Waals surface area contributed by atoms with Gasteiger partial charge in [0.15, 0.2) is 11.5 Å². The molecule has 2 heterocycles. The average Bonchev–Trinajstić information content (AvgIpc) is 3.35. The predicted molar refractivity (Wildman–Crippen MR) is 123 cm³/mol. The van der Waals surface area contributed by atoms with Gasteiger partial charge in [0, 0.05) is 35.6 Å². The molecule has 3 aromatic rings. The molecule has 32 heavy (non-hydrogen) atoms. The van der Waals surface area contributed by atoms with Crippen molar-refractivity contribution in [3.05, 3.63) is 53.3 Å². The van der Waals surface area contributed by atoms with Gasteiger partial charge in [-0.1, -0.05) is 0 Å². The van der Waals surface area contributed by atoms with Crippen LogP contribution in [0.15, 0.2) is 41.0 Å². The third kappa shape index (κ3) is 4.25. The summed E-state index contributed by atoms with van der Waals surface area (Å²) in [5.74, 6) is 1.98. The second-order valence-corrected chi connectivity index (χ2v) is 8.62. The number of rotatable bonds is 9. The Balaban J connectivity index is 1.37. The van der Waals surface area contributed by atoms with Gasteiger partial charge in [0.05, 0.1) is 27.6 Å². The Morgan fingerprint density at radius 1 is 1.06 bits per heavy atom. The van der Waals surface area contributed by atoms with Crippen LogP contribution >= 0.6 is 0 Å². The van der Waals surface area contributed by atoms with Gasteiger partial charge < -0.3 is 29.3 Å². The highest BCUT2D eigenvalue weighted by molar-refractivity contribution is 5.99. The third-order valence-electron chi connectivity index (χ3n) is 6.27. The molecule has 0 saturated heterocycles. The van der Waals surface area contributed by atoms with E-state index >= 15 is 0 Å². The Labute approximate surface area is 188 Å². The maximum atomic E-state index is 12.9. The lowest BCUT2D eigenvalue weighted by atomic mass is 9.90. The second kappa shape index (κ2) is 8.74. The van der Waals surface area contributed by atoms with Gasteiger partial charge in [0.2, 0.25) is 0 Å². The summed E-state index contributed by atoms with van der Waals surface area (Å²) in [6.07, 6.45) is 4.07. The molecular formula is C25H30N2O5. The lowest BCUT2D eigenvalue weighted by Gasteiger charge is -2.27. The first kappa shape index (κ1) is 22.0. The van der Waals surface area contributed by atoms with Gasteiger partial charge in [-0.3, -0.25) is 4.79 Å². The summed E-state index contributed by atoms with van der Waals surface area (Å²) in [6, 6.07) is 9.48. The minimum Gasteiger partial charge on any atom is -0.497 e. The van der Waals surface area contributed by atoms with E-state index in [9.17, 15) is 4.79 Å². The molecule has 1 aliphatic heterocycles. The van der Waals surface area contributed by atoms with Crippen LogP contribution in [0.3, 0.4) is 0 Å². The summed E-state index contributed by atoms with van der Waals surface area (Å²) < 4.78 is 21.7. The van der Waals surface area contributed by atoms with Gasteiger partial charge in [0.1, 0.15) is 11.3 Å². The van der Waals surface area contributed by atoms with Crippen molar-refractivity contribution in [2.75, 3.05) is 27.9 Å². The van der Waals surface area contributed by atoms with E-state index in [1.54, 1.807) is 33.7 Å². The van der Waals surface area contributed by atoms with Gasteiger partial charge in [-0.2, -0.15) is 0 Å². The Morgan fingerprint density at radius 3 is 2.53 bits per heavy atom. The van der Waals surface area contributed by atoms with Crippen LogP contribution in [0.1, 0.15) is 41.3 Å². The molecule has 4 rings (SSSR count). The van der Waals surface area contributed by atoms with E-state index in [4.69, 9.17) is 24.4 Å². The Bertz CT molecular complexity index is 1130. The maximum Gasteiger partial charge on any atom is 0.254 e. The molecule has 2 aromatic carbocycles. The highest BCUT2D eigenvalue weighted by Gasteiger charge is 2.31. The summed E-state index contributed by atoms with van der Waals surface area (Å²) >= 11 is 0. The summed E-state index contributed by atoms with van der Waals surface area (Å²) in [5.41, 5.74) is 9.75. The third-order valence-corrected chi connectivity index (χ3v) is 6.27. The molecule has 1 aromatic heterocycles. The van der Waals surface area contributed by atoms with Gasteiger partial charge in [-0.05, 0) is 61.6 Å². The lowest BCUT2D eigenvalue weighted by molar-refractivity contribution is 0.0766. The molecule has 7 heteroatoms. The number of benzene rings is 2. The van der Waals surface area contributed by atoms with E-state index in [1.807, 2.05) is 36.1 Å². The summed E-state index contributed by atoms with van der Waals surface area (Å²) in [7, 11) is 4.81. The van der Waals surface area contributed by atoms with Crippen molar-refractivity contribution >= 4 is 16.9 Å². The largest absolute Gasteiger partial charge is 0.497 e. The maximum absolute atomic E-state index is 12.9. The number of methoxy groups -OCH3 is 3. The minimum atomic E-state index is -0.416. The monoisotopic (exact) mass is 438 g/mol. The molecule has 2 N–H and O–H groups in total. The quantitative estimate of drug-likeness (QED) is 0.540. The van der Waals surface area contributed by atoms with Crippen LogP contribution in [0.4, 0.5) is 0 Å². The number of carbonyl (C=O) groups is 1. The number of aryl methyl sites for hydroxylation is 1. The normalized spacial score (nSPS) is 15.0. The smallest absolute Gasteiger partial charge is 0.254 e. The van der Waals surface area contributed by atoms with Crippen LogP contribution in [0, 0.1) is 0 Å². The van der Waals surface area contributed by atoms with Crippen LogP contribution in [0.2, 0.25) is 0 Å². The number of fused-ring (bicyclic) bond motifs is 2. The van der Waals surface area contributed by atoms with Crippen LogP contribution in [0.25, 0.3) is 11.0 Å². The number of carbonyl (C=O) groups excluding carboxylic acids is 1. The highest BCUT2D eigenvalue weighted by Crippen LogP contribution is 2.35. The molecule has 0 radical (unpaired) electrons. The second-order valence-electron chi connectivity index (χ2n) is 8.62. The van der Waals surface area contributed by atoms with E-state index in [0.717, 1.165) is 40.7 Å². The zero-order chi connectivity index (χ0) is 22.9. The topological polar surface area (TPSA) is 87.2 Å². The first-order valence-corrected chi connectivity index (χ1v) is 10.7. The number of hydrogen-bond acceptors (Lipinski definition) is 6. The molecule has 0 saturated carbocycles. The molecule has 170 valence electrons. The van der Waals surface area contributed by atoms with Crippen LogP contribution in [-0.4, -0.2) is 44.2 Å². The minimum absolute atomic E-state index is 0.00605. The number of amides is 1. The number of nitrogens with zero attached hydrogens (tertiary/aromatic N) is 1. The molecule has 0 bridgehead atoms. The van der Waals surface area contributed by atoms with Crippen molar-refractivity contribution in [3.8, 4) is 17.2 Å². The van der Waals surface area contributed by atoms with E-state index < -0.39 is 5.54 Å². The first-order valence-electron chi connectivity index (χ1n) is 10.7. The summed E-state index contributed by atoms with van der Waals surface area (Å²) in [6.45, 7) is 3.19. The molecule has 1 amide bonds. The van der Waals surface area contributed by atoms with Crippen molar-refractivity contribution in [1.82, 2.24) is 4.90 Å². The average molecular weight is 439 g/mol. The fourth-order valence-electron chi connectivity index (χ4n) is 4.20. The molecule has 1 unspecified atom stereocenters. The highest BCUT2D eigenvalue weighted by atomic mass is 16.5. The van der Waals surface area contributed by atoms with E-state index in [0.29, 0.717) is 36.6 Å². The molecule has 7 nitrogen and oxygen atoms in total. The molecule has 0 fully saturated rings. The van der Waals surface area contributed by atoms with E-state index in [2.05, 4.69) is 0 Å². The lowest BCUT2D eigenvalue weighted by Crippen LogP contribution is -2.40. The fraction of sp³-hybridized carbons (Fsp3) is 0.400. The van der Waals surface area contributed by atoms with Crippen molar-refractivity contribution < 1.29 is 23.4 Å². The SMILES string of the molecule is COc1ccc2c(CCC(C)(N)CCN3Cc4cc(OC)c(OC)cc4C3=O)coc2c1. The molecule has 1 atom stereocenters. The fourth-order valence-corrected chi connectivity index (χ4v) is 4.20. The van der Waals surface area contributed by atoms with Crippen LogP contribution < -0.4 is 19.9 Å². The van der Waals surface area contributed by atoms with E-state index in [-0.39, 0.29) is 5.91 Å². The first-order chi connectivity index (χ1) is 15.3. The Morgan fingerprint density at radius 2 is 1.81 bits per heavy atom. The van der Waals surface area contributed by atoms with Gasteiger partial charge in [-0.15, -0.1) is 0 Å². The number of hydrogen-bond donors (Lipinski definition) is 1. The zero-order valence-corrected chi connectivity index (χ0v) is 19.1. The molecule has 1 aliphatic rings. The van der Waals surface area contributed by atoms with Crippen LogP contribution in [-0.2, 0) is 13.0 Å². The zero-order valence-electron chi connectivity index (χ0n) is 19.1. The molecular weight excluding hydrogens is 408 g/mol. The van der Waals surface area contributed by atoms with Crippen molar-refractivity contribution in [2.45, 2.75) is 38.3 Å². The number of ether oxygens (including phenoxy) is 3. The van der Waals surface area contributed by atoms with Gasteiger partial charge in [-0.25, -0.2) is 0 Å². The Kier molecular flexibility index (Phi) is 6.02. The van der Waals surface area contributed by atoms with Crippen molar-refractivity contribution in [1.29, 1.82) is 0 Å². The number of nitrogens with two attached hydrogens (primary N) is 1. The van der Waals surface area contributed by atoms with Crippen molar-refractivity contribution in [3.63, 3.8) is 0 Å². The Hall–Kier alpha value is -3.19. The van der Waals surface area contributed by atoms with Crippen molar-refractivity contribution in [2.24, 2.45) is 5.73 Å². The molecule has 0 spiro atoms. The van der Waals surface area contributed by atoms with Gasteiger partial charge in [0.25, 0.3) is 5.91 Å². The van der Waals surface area contributed by atoms with Gasteiger partial charge >= 0.3 is 0 Å². The number of furan rings is 1. The van der Waals surface area contributed by atoms with E-state index in [1.165, 1.54) is 0 Å². The van der Waals surface area contributed by atoms with Crippen LogP contribution in [0.5, 0.6) is 17.2 Å². The standard InChI is InChI=1S/C25H30N2O5/c1-25(26,8-7-16-15-32-21-12-18(29-2)5-6-19(16)21)9-10-27-14-17-11-22(30-3)23(31-4)13-20(17)24(27)28/h5-6,11-13,15H,7-10,14,26H2,1-4H3. The summed E-state index contributed by atoms with van der Waals surface area (Å²) in [5, 5.41) is 1.08. The summed E-state index contributed by atoms with van der Waals surface area (Å²) in [4.78, 5) is 14.7.